The van der Waals surface area contributed by atoms with E-state index in [0.717, 1.165) is 19.3 Å². The molecule has 1 aromatic heterocycles. The Morgan fingerprint density at radius 3 is 2.66 bits per heavy atom. The predicted molar refractivity (Wildman–Crippen MR) is 116 cm³/mol. The number of urea groups is 1. The van der Waals surface area contributed by atoms with E-state index < -0.39 is 23.0 Å². The van der Waals surface area contributed by atoms with Gasteiger partial charge in [-0.2, -0.15) is 5.26 Å². The zero-order valence-electron chi connectivity index (χ0n) is 17.0. The predicted octanol–water partition coefficient (Wildman–Crippen LogP) is 3.78. The Morgan fingerprint density at radius 1 is 1.09 bits per heavy atom. The molecule has 3 aromatic rings. The molecule has 2 aromatic carbocycles. The maximum absolute atomic E-state index is 12.7. The molecule has 5 N–H and O–H groups in total. The highest BCUT2D eigenvalue weighted by Crippen LogP contribution is 2.35. The van der Waals surface area contributed by atoms with Crippen LogP contribution in [0.2, 0.25) is 0 Å². The average Bonchev–Trinajstić information content (AvgIpc) is 2.78. The highest BCUT2D eigenvalue weighted by molar-refractivity contribution is 5.93. The molecule has 2 amide bonds. The van der Waals surface area contributed by atoms with E-state index in [1.165, 1.54) is 30.3 Å². The normalized spacial score (nSPS) is 18.1. The molecule has 4 rings (SSSR count). The lowest BCUT2D eigenvalue weighted by Crippen LogP contribution is -2.40. The Labute approximate surface area is 182 Å². The monoisotopic (exact) mass is 435 g/mol. The molecular formula is C23H21N3O6. The van der Waals surface area contributed by atoms with E-state index in [1.54, 1.807) is 6.07 Å². The van der Waals surface area contributed by atoms with Gasteiger partial charge < -0.3 is 30.4 Å². The van der Waals surface area contributed by atoms with Gasteiger partial charge in [0, 0.05) is 23.2 Å². The van der Waals surface area contributed by atoms with Gasteiger partial charge in [-0.05, 0) is 55.7 Å². The van der Waals surface area contributed by atoms with Crippen LogP contribution in [0.15, 0.2) is 45.6 Å². The first-order chi connectivity index (χ1) is 15.4. The Hall–Kier alpha value is -4.19. The minimum Gasteiger partial charge on any atom is -0.504 e. The van der Waals surface area contributed by atoms with Crippen molar-refractivity contribution < 1.29 is 24.5 Å². The molecule has 9 heteroatoms. The summed E-state index contributed by atoms with van der Waals surface area (Å²) in [4.78, 5) is 25.1. The van der Waals surface area contributed by atoms with Gasteiger partial charge in [0.25, 0.3) is 0 Å². The summed E-state index contributed by atoms with van der Waals surface area (Å²) in [6, 6.07) is 9.92. The maximum atomic E-state index is 12.7. The summed E-state index contributed by atoms with van der Waals surface area (Å²) >= 11 is 0. The van der Waals surface area contributed by atoms with Crippen LogP contribution in [0.4, 0.5) is 10.5 Å². The number of fused-ring (bicyclic) bond motifs is 1. The highest BCUT2D eigenvalue weighted by atomic mass is 16.4. The molecule has 0 radical (unpaired) electrons. The van der Waals surface area contributed by atoms with Gasteiger partial charge in [0.15, 0.2) is 17.3 Å². The molecule has 1 saturated carbocycles. The number of nitrogens with one attached hydrogen (secondary N) is 2. The number of benzene rings is 2. The first-order valence-electron chi connectivity index (χ1n) is 10.1. The second-order valence-electron chi connectivity index (χ2n) is 7.81. The summed E-state index contributed by atoms with van der Waals surface area (Å²) in [5.74, 6) is -1.64. The van der Waals surface area contributed by atoms with E-state index in [4.69, 9.17) is 9.68 Å². The number of rotatable bonds is 3. The Balaban J connectivity index is 1.57. The molecule has 1 heterocycles. The number of nitrogens with zero attached hydrogens (tertiary/aromatic N) is 1. The molecule has 2 atom stereocenters. The standard InChI is InChI=1S/C23H21N3O6/c24-11-12-2-1-3-14(8-12)25-23(31)26-15-5-7-19-16(10-15)20(29)21(30)22(32-19)13-4-6-17(27)18(28)9-13/h4-7,9-10,12,14,27-28,30H,1-3,8H2,(H2,25,26,31). The van der Waals surface area contributed by atoms with Crippen molar-refractivity contribution in [1.29, 1.82) is 5.26 Å². The highest BCUT2D eigenvalue weighted by Gasteiger charge is 2.23. The van der Waals surface area contributed by atoms with Crippen LogP contribution in [0.5, 0.6) is 17.2 Å². The number of phenolic OH excluding ortho intramolecular Hbond substituents is 2. The van der Waals surface area contributed by atoms with Crippen LogP contribution in [0.25, 0.3) is 22.3 Å². The van der Waals surface area contributed by atoms with Crippen molar-refractivity contribution in [2.24, 2.45) is 5.92 Å². The van der Waals surface area contributed by atoms with Crippen molar-refractivity contribution in [2.45, 2.75) is 31.7 Å². The Kier molecular flexibility index (Phi) is 5.60. The van der Waals surface area contributed by atoms with Crippen LogP contribution in [-0.4, -0.2) is 27.4 Å². The summed E-state index contributed by atoms with van der Waals surface area (Å²) in [6.07, 6.45) is 3.12. The smallest absolute Gasteiger partial charge is 0.319 e. The molecule has 1 aliphatic rings. The lowest BCUT2D eigenvalue weighted by molar-refractivity contribution is 0.241. The molecule has 32 heavy (non-hydrogen) atoms. The van der Waals surface area contributed by atoms with Crippen molar-refractivity contribution in [2.75, 3.05) is 5.32 Å². The number of hydrogen-bond acceptors (Lipinski definition) is 7. The van der Waals surface area contributed by atoms with Gasteiger partial charge in [0.2, 0.25) is 11.2 Å². The van der Waals surface area contributed by atoms with Gasteiger partial charge in [0.1, 0.15) is 5.58 Å². The molecule has 2 unspecified atom stereocenters. The minimum absolute atomic E-state index is 0.0629. The zero-order valence-corrected chi connectivity index (χ0v) is 17.0. The number of amides is 2. The first kappa shape index (κ1) is 21.1. The minimum atomic E-state index is -0.706. The number of nitriles is 1. The average molecular weight is 435 g/mol. The van der Waals surface area contributed by atoms with Gasteiger partial charge in [-0.15, -0.1) is 0 Å². The third-order valence-corrected chi connectivity index (χ3v) is 5.55. The van der Waals surface area contributed by atoms with E-state index in [1.807, 2.05) is 0 Å². The second-order valence-corrected chi connectivity index (χ2v) is 7.81. The van der Waals surface area contributed by atoms with E-state index in [-0.39, 0.29) is 40.0 Å². The SMILES string of the molecule is N#CC1CCCC(NC(=O)Nc2ccc3oc(-c4ccc(O)c(O)c4)c(O)c(=O)c3c2)C1. The largest absolute Gasteiger partial charge is 0.504 e. The van der Waals surface area contributed by atoms with Crippen molar-refractivity contribution in [3.05, 3.63) is 46.6 Å². The van der Waals surface area contributed by atoms with Crippen molar-refractivity contribution in [3.8, 4) is 34.6 Å². The van der Waals surface area contributed by atoms with Gasteiger partial charge in [-0.25, -0.2) is 4.79 Å². The van der Waals surface area contributed by atoms with Gasteiger partial charge in [0.05, 0.1) is 11.5 Å². The number of aromatic hydroxyl groups is 3. The molecule has 164 valence electrons. The number of phenols is 2. The lowest BCUT2D eigenvalue weighted by Gasteiger charge is -2.26. The van der Waals surface area contributed by atoms with Crippen LogP contribution in [-0.2, 0) is 0 Å². The number of carbonyl (C=O) groups excluding carboxylic acids is 1. The van der Waals surface area contributed by atoms with Crippen LogP contribution in [0, 0.1) is 17.2 Å². The third-order valence-electron chi connectivity index (χ3n) is 5.55. The molecule has 1 aliphatic carbocycles. The summed E-state index contributed by atoms with van der Waals surface area (Å²) in [6.45, 7) is 0. The molecule has 0 saturated heterocycles. The van der Waals surface area contributed by atoms with Gasteiger partial charge in [-0.3, -0.25) is 4.79 Å². The van der Waals surface area contributed by atoms with E-state index in [0.29, 0.717) is 12.1 Å². The summed E-state index contributed by atoms with van der Waals surface area (Å²) in [7, 11) is 0. The quantitative estimate of drug-likeness (QED) is 0.392. The fourth-order valence-electron chi connectivity index (χ4n) is 3.91. The summed E-state index contributed by atoms with van der Waals surface area (Å²) < 4.78 is 5.66. The second kappa shape index (κ2) is 8.51. The molecular weight excluding hydrogens is 414 g/mol. The molecule has 0 bridgehead atoms. The number of hydrogen-bond donors (Lipinski definition) is 5. The van der Waals surface area contributed by atoms with E-state index in [9.17, 15) is 24.9 Å². The van der Waals surface area contributed by atoms with Crippen LogP contribution in [0.3, 0.4) is 0 Å². The number of anilines is 1. The van der Waals surface area contributed by atoms with Crippen molar-refractivity contribution in [1.82, 2.24) is 5.32 Å². The summed E-state index contributed by atoms with van der Waals surface area (Å²) in [5.41, 5.74) is 0.0124. The molecule has 1 fully saturated rings. The van der Waals surface area contributed by atoms with Crippen molar-refractivity contribution in [3.63, 3.8) is 0 Å². The zero-order chi connectivity index (χ0) is 22.8. The van der Waals surface area contributed by atoms with Crippen LogP contribution < -0.4 is 16.1 Å². The summed E-state index contributed by atoms with van der Waals surface area (Å²) in [5, 5.41) is 44.2. The van der Waals surface area contributed by atoms with Gasteiger partial charge in [-0.1, -0.05) is 6.42 Å². The lowest BCUT2D eigenvalue weighted by atomic mass is 9.87. The van der Waals surface area contributed by atoms with E-state index in [2.05, 4.69) is 16.7 Å². The van der Waals surface area contributed by atoms with Crippen LogP contribution in [0.1, 0.15) is 25.7 Å². The fraction of sp³-hybridized carbons (Fsp3) is 0.261. The van der Waals surface area contributed by atoms with Gasteiger partial charge >= 0.3 is 6.03 Å². The molecule has 9 nitrogen and oxygen atoms in total. The van der Waals surface area contributed by atoms with Crippen molar-refractivity contribution >= 4 is 22.7 Å². The Bertz CT molecular complexity index is 1290. The Morgan fingerprint density at radius 2 is 1.91 bits per heavy atom. The van der Waals surface area contributed by atoms with Crippen LogP contribution >= 0.6 is 0 Å². The van der Waals surface area contributed by atoms with E-state index >= 15 is 0 Å². The topological polar surface area (TPSA) is 156 Å². The maximum Gasteiger partial charge on any atom is 0.319 e. The molecule has 0 aliphatic heterocycles. The number of carbonyl (C=O) groups is 1. The molecule has 0 spiro atoms. The fourth-order valence-corrected chi connectivity index (χ4v) is 3.91. The first-order valence-corrected chi connectivity index (χ1v) is 10.1. The third kappa shape index (κ3) is 4.16.